The van der Waals surface area contributed by atoms with Gasteiger partial charge in [0.1, 0.15) is 17.2 Å². The molecule has 0 bridgehead atoms. The van der Waals surface area contributed by atoms with E-state index in [0.717, 1.165) is 6.20 Å². The molecule has 4 rings (SSSR count). The molecule has 3 aromatic rings. The molecule has 0 saturated heterocycles. The molecule has 0 saturated carbocycles. The highest BCUT2D eigenvalue weighted by Crippen LogP contribution is 2.41. The number of nitrogens with zero attached hydrogens (tertiary/aromatic N) is 4. The van der Waals surface area contributed by atoms with Crippen LogP contribution in [0.15, 0.2) is 36.5 Å². The first-order chi connectivity index (χ1) is 28.2. The zero-order chi connectivity index (χ0) is 45.7. The molecular formula is C40H49F6N7O8. The summed E-state index contributed by atoms with van der Waals surface area (Å²) in [6, 6.07) is 1.35. The Hall–Kier alpha value is -5.89. The number of amides is 3. The Bertz CT molecular complexity index is 2020. The number of hydrogen-bond acceptors (Lipinski definition) is 12. The first-order valence-electron chi connectivity index (χ1n) is 19.1. The summed E-state index contributed by atoms with van der Waals surface area (Å²) in [5.74, 6) is -1.94. The third-order valence-corrected chi connectivity index (χ3v) is 8.73. The largest absolute Gasteiger partial charge is 0.481 e. The summed E-state index contributed by atoms with van der Waals surface area (Å²) >= 11 is 0. The second-order valence-electron chi connectivity index (χ2n) is 15.9. The van der Waals surface area contributed by atoms with Gasteiger partial charge in [-0.1, -0.05) is 6.92 Å². The molecule has 0 spiro atoms. The van der Waals surface area contributed by atoms with Crippen LogP contribution in [0.5, 0.6) is 5.88 Å². The molecule has 0 radical (unpaired) electrons. The molecule has 334 valence electrons. The molecule has 21 heteroatoms. The smallest absolute Gasteiger partial charge is 0.416 e. The van der Waals surface area contributed by atoms with Crippen molar-refractivity contribution in [2.24, 2.45) is 0 Å². The van der Waals surface area contributed by atoms with Gasteiger partial charge in [0.2, 0.25) is 17.7 Å². The maximum atomic E-state index is 13.9. The molecule has 2 aromatic heterocycles. The number of aromatic nitrogens is 3. The Morgan fingerprint density at radius 1 is 0.885 bits per heavy atom. The summed E-state index contributed by atoms with van der Waals surface area (Å²) in [7, 11) is 1.39. The fourth-order valence-corrected chi connectivity index (χ4v) is 6.25. The van der Waals surface area contributed by atoms with E-state index in [1.807, 2.05) is 6.92 Å². The maximum absolute atomic E-state index is 13.9. The van der Waals surface area contributed by atoms with Crippen LogP contribution in [0, 0.1) is 0 Å². The number of hydrogen-bond donors (Lipinski definition) is 3. The van der Waals surface area contributed by atoms with Crippen molar-refractivity contribution >= 4 is 41.4 Å². The first kappa shape index (κ1) is 47.8. The van der Waals surface area contributed by atoms with Crippen molar-refractivity contribution in [1.82, 2.24) is 20.3 Å². The van der Waals surface area contributed by atoms with Crippen LogP contribution in [0.3, 0.4) is 0 Å². The summed E-state index contributed by atoms with van der Waals surface area (Å²) in [5, 5.41) is 7.89. The molecule has 3 N–H and O–H groups in total. The number of esters is 1. The van der Waals surface area contributed by atoms with Crippen LogP contribution < -0.4 is 25.6 Å². The number of ether oxygens (including phenoxy) is 4. The van der Waals surface area contributed by atoms with Crippen molar-refractivity contribution in [2.45, 2.75) is 123 Å². The van der Waals surface area contributed by atoms with Gasteiger partial charge < -0.3 is 34.9 Å². The van der Waals surface area contributed by atoms with Crippen LogP contribution >= 0.6 is 0 Å². The molecular weight excluding hydrogens is 820 g/mol. The molecule has 1 aliphatic rings. The summed E-state index contributed by atoms with van der Waals surface area (Å²) in [6.07, 6.45) is -11.7. The highest BCUT2D eigenvalue weighted by Gasteiger charge is 2.39. The number of halogens is 6. The summed E-state index contributed by atoms with van der Waals surface area (Å²) < 4.78 is 105. The van der Waals surface area contributed by atoms with Crippen LogP contribution in [0.4, 0.5) is 53.3 Å². The monoisotopic (exact) mass is 869 g/mol. The Morgan fingerprint density at radius 3 is 2.05 bits per heavy atom. The highest BCUT2D eigenvalue weighted by molar-refractivity contribution is 5.99. The van der Waals surface area contributed by atoms with Crippen molar-refractivity contribution in [2.75, 3.05) is 29.3 Å². The van der Waals surface area contributed by atoms with Gasteiger partial charge in [-0.2, -0.15) is 26.3 Å². The van der Waals surface area contributed by atoms with E-state index in [4.69, 9.17) is 18.9 Å². The summed E-state index contributed by atoms with van der Waals surface area (Å²) in [4.78, 5) is 67.4. The third-order valence-electron chi connectivity index (χ3n) is 8.73. The number of carbonyl (C=O) groups is 4. The number of rotatable bonds is 12. The second kappa shape index (κ2) is 18.8. The van der Waals surface area contributed by atoms with E-state index in [2.05, 4.69) is 30.9 Å². The van der Waals surface area contributed by atoms with Gasteiger partial charge in [-0.05, 0) is 91.1 Å². The Labute approximate surface area is 348 Å². The minimum absolute atomic E-state index is 0.0196. The van der Waals surface area contributed by atoms with Gasteiger partial charge >= 0.3 is 30.5 Å². The van der Waals surface area contributed by atoms with Crippen molar-refractivity contribution in [1.29, 1.82) is 0 Å². The quantitative estimate of drug-likeness (QED) is 0.0900. The first-order valence-corrected chi connectivity index (χ1v) is 19.1. The number of nitrogens with one attached hydrogen (secondary N) is 3. The fraction of sp³-hybridized carbons (Fsp3) is 0.525. The van der Waals surface area contributed by atoms with E-state index >= 15 is 0 Å². The van der Waals surface area contributed by atoms with Gasteiger partial charge in [0.05, 0.1) is 66.3 Å². The lowest BCUT2D eigenvalue weighted by atomic mass is 9.93. The van der Waals surface area contributed by atoms with Gasteiger partial charge in [0.25, 0.3) is 0 Å². The predicted molar refractivity (Wildman–Crippen MR) is 209 cm³/mol. The topological polar surface area (TPSA) is 183 Å². The zero-order valence-electron chi connectivity index (χ0n) is 35.1. The zero-order valence-corrected chi connectivity index (χ0v) is 35.1. The van der Waals surface area contributed by atoms with Gasteiger partial charge in [-0.15, -0.1) is 0 Å². The lowest BCUT2D eigenvalue weighted by Crippen LogP contribution is -2.47. The number of carbonyl (C=O) groups excluding carboxylic acids is 4. The lowest BCUT2D eigenvalue weighted by Gasteiger charge is -2.39. The third kappa shape index (κ3) is 13.3. The van der Waals surface area contributed by atoms with E-state index in [0.29, 0.717) is 29.9 Å². The van der Waals surface area contributed by atoms with Crippen molar-refractivity contribution < 1.29 is 64.5 Å². The number of alkyl halides is 6. The van der Waals surface area contributed by atoms with Crippen molar-refractivity contribution in [3.63, 3.8) is 0 Å². The molecule has 15 nitrogen and oxygen atoms in total. The molecule has 3 amide bonds. The Morgan fingerprint density at radius 2 is 1.51 bits per heavy atom. The molecule has 3 heterocycles. The summed E-state index contributed by atoms with van der Waals surface area (Å²) in [5.41, 5.74) is -5.51. The molecule has 0 fully saturated rings. The van der Waals surface area contributed by atoms with Gasteiger partial charge in [0.15, 0.2) is 0 Å². The normalized spacial score (nSPS) is 16.1. The number of pyridine rings is 1. The average molecular weight is 870 g/mol. The molecule has 0 unspecified atom stereocenters. The second-order valence-corrected chi connectivity index (χ2v) is 15.9. The standard InChI is InChI=1S/C40H49F6N7O8/c1-10-24-18-26(32-29(12-13-30(52-32)58-9)53(24)36(57)59-11-2)50-34-47-20-28(25(49-34)16-21-14-22(39(41,42)43)17-23(15-21)40(44,45)46)48-33(55)27(19-31(54)60-37(3,4)5)51-35(56)61-38(6,7)8/h12-15,17,20,24,26-27H,10-11,16,18-19H2,1-9H3,(H,48,55)(H,51,56)(H,47,49,50)/t24-,26+,27+/m1/s1. The minimum atomic E-state index is -5.16. The number of fused-ring (bicyclic) bond motifs is 1. The van der Waals surface area contributed by atoms with E-state index in [1.54, 1.807) is 60.6 Å². The fourth-order valence-electron chi connectivity index (χ4n) is 6.25. The molecule has 3 atom stereocenters. The molecule has 1 aromatic carbocycles. The van der Waals surface area contributed by atoms with E-state index in [9.17, 15) is 45.5 Å². The van der Waals surface area contributed by atoms with Crippen LogP contribution in [0.25, 0.3) is 0 Å². The van der Waals surface area contributed by atoms with Gasteiger partial charge in [-0.3, -0.25) is 14.5 Å². The van der Waals surface area contributed by atoms with Crippen LogP contribution in [-0.4, -0.2) is 76.0 Å². The highest BCUT2D eigenvalue weighted by atomic mass is 19.4. The van der Waals surface area contributed by atoms with Gasteiger partial charge in [0, 0.05) is 18.5 Å². The molecule has 0 aliphatic carbocycles. The average Bonchev–Trinajstić information content (AvgIpc) is 3.12. The lowest BCUT2D eigenvalue weighted by molar-refractivity contribution is -0.156. The van der Waals surface area contributed by atoms with Crippen molar-refractivity contribution in [3.8, 4) is 5.88 Å². The number of alkyl carbamates (subject to hydrolysis) is 1. The van der Waals surface area contributed by atoms with Crippen LogP contribution in [-0.2, 0) is 42.6 Å². The number of methoxy groups -OCH3 is 1. The minimum Gasteiger partial charge on any atom is -0.481 e. The molecule has 61 heavy (non-hydrogen) atoms. The van der Waals surface area contributed by atoms with Crippen LogP contribution in [0.1, 0.15) is 109 Å². The van der Waals surface area contributed by atoms with E-state index in [1.165, 1.54) is 12.0 Å². The predicted octanol–water partition coefficient (Wildman–Crippen LogP) is 8.37. The SMILES string of the molecule is CCOC(=O)N1c2ccc(OC)nc2[C@@H](Nc2ncc(NC(=O)[C@H](CC(=O)OC(C)(C)C)NC(=O)OC(C)(C)C)c(Cc3cc(C(F)(F)F)cc(C(F)(F)F)c3)n2)C[C@H]1CC. The molecule has 1 aliphatic heterocycles. The Kier molecular flexibility index (Phi) is 14.7. The van der Waals surface area contributed by atoms with Gasteiger partial charge in [-0.25, -0.2) is 24.5 Å². The van der Waals surface area contributed by atoms with E-state index < -0.39 is 95.3 Å². The Balaban J connectivity index is 1.83. The number of benzene rings is 1. The number of anilines is 3. The summed E-state index contributed by atoms with van der Waals surface area (Å²) in [6.45, 7) is 13.0. The van der Waals surface area contributed by atoms with Crippen LogP contribution in [0.2, 0.25) is 0 Å². The van der Waals surface area contributed by atoms with Crippen molar-refractivity contribution in [3.05, 3.63) is 64.6 Å². The maximum Gasteiger partial charge on any atom is 0.416 e. The van der Waals surface area contributed by atoms with E-state index in [-0.39, 0.29) is 42.3 Å².